The van der Waals surface area contributed by atoms with Crippen LogP contribution in [-0.2, 0) is 14.3 Å². The zero-order valence-corrected chi connectivity index (χ0v) is 13.2. The van der Waals surface area contributed by atoms with E-state index in [4.69, 9.17) is 19.9 Å². The number of benzene rings is 1. The van der Waals surface area contributed by atoms with Gasteiger partial charge in [-0.05, 0) is 24.3 Å². The highest BCUT2D eigenvalue weighted by atomic mass is 16.7. The van der Waals surface area contributed by atoms with Gasteiger partial charge in [-0.3, -0.25) is 4.79 Å². The molecule has 1 fully saturated rings. The van der Waals surface area contributed by atoms with E-state index in [0.717, 1.165) is 0 Å². The summed E-state index contributed by atoms with van der Waals surface area (Å²) in [5.41, 5.74) is 6.14. The molecule has 0 unspecified atom stereocenters. The molecular weight excluding hydrogens is 320 g/mol. The van der Waals surface area contributed by atoms with Crippen molar-refractivity contribution in [2.45, 2.75) is 30.7 Å². The monoisotopic (exact) mass is 342 g/mol. The van der Waals surface area contributed by atoms with Crippen molar-refractivity contribution in [3.63, 3.8) is 0 Å². The molecule has 0 aliphatic carbocycles. The zero-order chi connectivity index (χ0) is 17.7. The molecule has 9 nitrogen and oxygen atoms in total. The minimum absolute atomic E-state index is 0.359. The van der Waals surface area contributed by atoms with E-state index in [1.165, 1.54) is 7.05 Å². The first-order valence-electron chi connectivity index (χ1n) is 7.43. The highest BCUT2D eigenvalue weighted by molar-refractivity contribution is 5.76. The fourth-order valence-electron chi connectivity index (χ4n) is 2.27. The summed E-state index contributed by atoms with van der Waals surface area (Å²) in [4.78, 5) is 11.3. The molecule has 1 aliphatic heterocycles. The van der Waals surface area contributed by atoms with Crippen LogP contribution in [0.2, 0.25) is 0 Å². The number of aliphatic hydroxyl groups excluding tert-OH is 3. The van der Waals surface area contributed by atoms with E-state index < -0.39 is 43.2 Å². The summed E-state index contributed by atoms with van der Waals surface area (Å²) >= 11 is 0. The topological polar surface area (TPSA) is 144 Å². The van der Waals surface area contributed by atoms with E-state index in [0.29, 0.717) is 11.4 Å². The van der Waals surface area contributed by atoms with Crippen LogP contribution in [0.15, 0.2) is 24.3 Å². The van der Waals surface area contributed by atoms with Gasteiger partial charge < -0.3 is 40.6 Å². The molecule has 0 aromatic heterocycles. The van der Waals surface area contributed by atoms with Crippen molar-refractivity contribution in [1.82, 2.24) is 5.32 Å². The first-order valence-corrected chi connectivity index (χ1v) is 7.43. The van der Waals surface area contributed by atoms with Gasteiger partial charge in [-0.25, -0.2) is 0 Å². The van der Waals surface area contributed by atoms with Crippen molar-refractivity contribution < 1.29 is 34.3 Å². The number of nitrogen functional groups attached to an aromatic ring is 1. The maximum absolute atomic E-state index is 11.3. The number of likely N-dealkylation sites (N-methyl/N-ethyl adjacent to an activating group) is 1. The summed E-state index contributed by atoms with van der Waals surface area (Å²) in [6.45, 7) is -0.864. The Morgan fingerprint density at radius 3 is 2.54 bits per heavy atom. The lowest BCUT2D eigenvalue weighted by molar-refractivity contribution is -0.284. The van der Waals surface area contributed by atoms with Gasteiger partial charge in [0.15, 0.2) is 0 Å². The van der Waals surface area contributed by atoms with Gasteiger partial charge in [0.1, 0.15) is 36.8 Å². The molecule has 1 saturated heterocycles. The van der Waals surface area contributed by atoms with Crippen LogP contribution < -0.4 is 15.8 Å². The van der Waals surface area contributed by atoms with Gasteiger partial charge in [0.05, 0.1) is 6.61 Å². The van der Waals surface area contributed by atoms with Crippen molar-refractivity contribution in [3.05, 3.63) is 24.3 Å². The smallest absolute Gasteiger partial charge is 0.245 e. The molecule has 1 aliphatic rings. The number of carbonyl (C=O) groups excluding carboxylic acids is 1. The molecule has 9 heteroatoms. The van der Waals surface area contributed by atoms with Crippen molar-refractivity contribution in [1.29, 1.82) is 0 Å². The average molecular weight is 342 g/mol. The standard InChI is InChI=1S/C15H22N2O7/c1-17-11(19)7-22-14-12(20)10(6-18)24-15(13(14)21)23-9-4-2-8(16)3-5-9/h2-5,10,12-15,18,20-21H,6-7,16H2,1H3,(H,17,19)/t10-,12+,13-,14+,15-/m1/s1. The SMILES string of the molecule is CNC(=O)CO[C@H]1[C@@H](O)[C@@H](CO)O[C@@H](Oc2ccc(N)cc2)[C@@H]1O. The summed E-state index contributed by atoms with van der Waals surface area (Å²) in [6.07, 6.45) is -6.07. The average Bonchev–Trinajstić information content (AvgIpc) is 2.58. The number of hydrogen-bond acceptors (Lipinski definition) is 8. The molecule has 1 amide bonds. The summed E-state index contributed by atoms with van der Waals surface area (Å²) in [5.74, 6) is -0.0381. The number of hydrogen-bond donors (Lipinski definition) is 5. The van der Waals surface area contributed by atoms with E-state index in [9.17, 15) is 20.1 Å². The maximum Gasteiger partial charge on any atom is 0.245 e. The maximum atomic E-state index is 11.3. The third-order valence-electron chi connectivity index (χ3n) is 3.64. The van der Waals surface area contributed by atoms with Crippen LogP contribution in [-0.4, -0.2) is 72.2 Å². The first-order chi connectivity index (χ1) is 11.5. The summed E-state index contributed by atoms with van der Waals surface area (Å²) in [5, 5.41) is 32.2. The second-order valence-corrected chi connectivity index (χ2v) is 5.34. The quantitative estimate of drug-likeness (QED) is 0.382. The Hall–Kier alpha value is -1.91. The van der Waals surface area contributed by atoms with E-state index in [-0.39, 0.29) is 6.61 Å². The van der Waals surface area contributed by atoms with E-state index >= 15 is 0 Å². The lowest BCUT2D eigenvalue weighted by atomic mass is 9.99. The van der Waals surface area contributed by atoms with E-state index in [2.05, 4.69) is 5.32 Å². The van der Waals surface area contributed by atoms with Crippen LogP contribution in [0.3, 0.4) is 0 Å². The molecule has 1 aromatic rings. The molecule has 1 heterocycles. The molecule has 1 aromatic carbocycles. The second-order valence-electron chi connectivity index (χ2n) is 5.34. The van der Waals surface area contributed by atoms with Gasteiger partial charge in [-0.1, -0.05) is 0 Å². The fraction of sp³-hybridized carbons (Fsp3) is 0.533. The molecule has 0 spiro atoms. The van der Waals surface area contributed by atoms with Crippen molar-refractivity contribution in [3.8, 4) is 5.75 Å². The predicted octanol–water partition coefficient (Wildman–Crippen LogP) is -1.78. The molecular formula is C15H22N2O7. The Bertz CT molecular complexity index is 539. The van der Waals surface area contributed by atoms with Crippen molar-refractivity contribution in [2.24, 2.45) is 0 Å². The Morgan fingerprint density at radius 2 is 1.96 bits per heavy atom. The highest BCUT2D eigenvalue weighted by Gasteiger charge is 2.46. The summed E-state index contributed by atoms with van der Waals surface area (Å²) in [6, 6.07) is 6.40. The minimum Gasteiger partial charge on any atom is -0.462 e. The van der Waals surface area contributed by atoms with E-state index in [1.54, 1.807) is 24.3 Å². The van der Waals surface area contributed by atoms with E-state index in [1.807, 2.05) is 0 Å². The molecule has 0 radical (unpaired) electrons. The number of aliphatic hydroxyl groups is 3. The Balaban J connectivity index is 2.09. The number of ether oxygens (including phenoxy) is 3. The first kappa shape index (κ1) is 18.4. The number of anilines is 1. The van der Waals surface area contributed by atoms with Crippen LogP contribution in [0.5, 0.6) is 5.75 Å². The molecule has 0 bridgehead atoms. The third-order valence-corrected chi connectivity index (χ3v) is 3.64. The minimum atomic E-state index is -1.37. The number of rotatable bonds is 6. The van der Waals surface area contributed by atoms with Crippen LogP contribution in [0.1, 0.15) is 0 Å². The van der Waals surface area contributed by atoms with Crippen LogP contribution in [0.4, 0.5) is 5.69 Å². The normalized spacial score (nSPS) is 29.9. The molecule has 6 N–H and O–H groups in total. The lowest BCUT2D eigenvalue weighted by Gasteiger charge is -2.41. The van der Waals surface area contributed by atoms with Gasteiger partial charge in [0, 0.05) is 12.7 Å². The van der Waals surface area contributed by atoms with Crippen LogP contribution in [0, 0.1) is 0 Å². The van der Waals surface area contributed by atoms with Gasteiger partial charge in [0.2, 0.25) is 12.2 Å². The van der Waals surface area contributed by atoms with Crippen LogP contribution in [0.25, 0.3) is 0 Å². The second kappa shape index (κ2) is 8.27. The Labute approximate surface area is 138 Å². The van der Waals surface area contributed by atoms with Gasteiger partial charge in [-0.2, -0.15) is 0 Å². The molecule has 2 rings (SSSR count). The molecule has 24 heavy (non-hydrogen) atoms. The highest BCUT2D eigenvalue weighted by Crippen LogP contribution is 2.26. The number of nitrogens with one attached hydrogen (secondary N) is 1. The fourth-order valence-corrected chi connectivity index (χ4v) is 2.27. The molecule has 134 valence electrons. The largest absolute Gasteiger partial charge is 0.462 e. The van der Waals surface area contributed by atoms with Crippen molar-refractivity contribution >= 4 is 11.6 Å². The third kappa shape index (κ3) is 4.34. The molecule has 0 saturated carbocycles. The predicted molar refractivity (Wildman–Crippen MR) is 83.0 cm³/mol. The zero-order valence-electron chi connectivity index (χ0n) is 13.2. The number of nitrogens with two attached hydrogens (primary N) is 1. The van der Waals surface area contributed by atoms with Crippen LogP contribution >= 0.6 is 0 Å². The molecule has 5 atom stereocenters. The number of carbonyl (C=O) groups is 1. The van der Waals surface area contributed by atoms with Gasteiger partial charge in [0.25, 0.3) is 0 Å². The summed E-state index contributed by atoms with van der Waals surface area (Å²) in [7, 11) is 1.44. The summed E-state index contributed by atoms with van der Waals surface area (Å²) < 4.78 is 16.2. The lowest BCUT2D eigenvalue weighted by Crippen LogP contribution is -2.61. The Morgan fingerprint density at radius 1 is 1.29 bits per heavy atom. The number of amides is 1. The van der Waals surface area contributed by atoms with Gasteiger partial charge >= 0.3 is 0 Å². The Kier molecular flexibility index (Phi) is 6.35. The van der Waals surface area contributed by atoms with Gasteiger partial charge in [-0.15, -0.1) is 0 Å². The van der Waals surface area contributed by atoms with Crippen molar-refractivity contribution in [2.75, 3.05) is 26.0 Å².